The van der Waals surface area contributed by atoms with Gasteiger partial charge in [-0.3, -0.25) is 15.0 Å². The smallest absolute Gasteiger partial charge is 0.293 e. The molecule has 0 bridgehead atoms. The molecule has 1 aliphatic rings. The highest BCUT2D eigenvalue weighted by Gasteiger charge is 2.28. The minimum atomic E-state index is -3.51. The molecule has 30 heavy (non-hydrogen) atoms. The molecular formula is C20H22N4O4S2. The van der Waals surface area contributed by atoms with E-state index < -0.39 is 14.8 Å². The molecule has 0 spiro atoms. The molecule has 1 unspecified atom stereocenters. The minimum absolute atomic E-state index is 0.0407. The maximum Gasteiger partial charge on any atom is 0.293 e. The van der Waals surface area contributed by atoms with Crippen molar-refractivity contribution < 1.29 is 13.3 Å². The fourth-order valence-electron chi connectivity index (χ4n) is 3.72. The molecule has 8 nitrogen and oxygen atoms in total. The first-order valence-electron chi connectivity index (χ1n) is 9.57. The summed E-state index contributed by atoms with van der Waals surface area (Å²) >= 11 is 1.69. The van der Waals surface area contributed by atoms with Gasteiger partial charge in [0, 0.05) is 38.5 Å². The molecule has 10 heteroatoms. The number of benzene rings is 2. The van der Waals surface area contributed by atoms with E-state index in [1.807, 2.05) is 23.1 Å². The van der Waals surface area contributed by atoms with Crippen LogP contribution in [0.5, 0.6) is 0 Å². The van der Waals surface area contributed by atoms with Crippen LogP contribution in [0.25, 0.3) is 10.2 Å². The van der Waals surface area contributed by atoms with Crippen LogP contribution in [0.2, 0.25) is 0 Å². The van der Waals surface area contributed by atoms with Gasteiger partial charge < -0.3 is 4.90 Å². The van der Waals surface area contributed by atoms with Crippen molar-refractivity contribution in [3.8, 4) is 0 Å². The Bertz CT molecular complexity index is 1170. The second-order valence-corrected chi connectivity index (χ2v) is 10.5. The standard InChI is InChI=1S/C20H22N4O4S2/c1-14(20-21-16-5-3-4-6-19(16)29-20)22-9-11-23(12-10-22)17-8-7-15(30(2,27)28)13-18(17)24(25)26/h3-8,13-14H,9-12H2,1-2H3. The number of thiazole rings is 1. The fraction of sp³-hybridized carbons (Fsp3) is 0.350. The van der Waals surface area contributed by atoms with Gasteiger partial charge in [0.05, 0.1) is 26.1 Å². The lowest BCUT2D eigenvalue weighted by molar-refractivity contribution is -0.384. The van der Waals surface area contributed by atoms with E-state index in [4.69, 9.17) is 4.98 Å². The van der Waals surface area contributed by atoms with Crippen LogP contribution < -0.4 is 4.90 Å². The van der Waals surface area contributed by atoms with E-state index >= 15 is 0 Å². The lowest BCUT2D eigenvalue weighted by atomic mass is 10.2. The van der Waals surface area contributed by atoms with Gasteiger partial charge in [-0.25, -0.2) is 13.4 Å². The lowest BCUT2D eigenvalue weighted by Crippen LogP contribution is -2.47. The van der Waals surface area contributed by atoms with Crippen molar-refractivity contribution in [1.29, 1.82) is 0 Å². The monoisotopic (exact) mass is 446 g/mol. The van der Waals surface area contributed by atoms with E-state index in [0.717, 1.165) is 35.9 Å². The Morgan fingerprint density at radius 2 is 1.83 bits per heavy atom. The Labute approximate surface area is 178 Å². The molecular weight excluding hydrogens is 424 g/mol. The number of hydrogen-bond acceptors (Lipinski definition) is 8. The van der Waals surface area contributed by atoms with E-state index in [-0.39, 0.29) is 16.6 Å². The number of nitrogens with zero attached hydrogens (tertiary/aromatic N) is 4. The molecule has 2 aromatic carbocycles. The molecule has 0 amide bonds. The van der Waals surface area contributed by atoms with Crippen molar-refractivity contribution in [3.63, 3.8) is 0 Å². The first-order chi connectivity index (χ1) is 14.2. The Hall–Kier alpha value is -2.56. The normalized spacial score (nSPS) is 16.7. The van der Waals surface area contributed by atoms with E-state index in [0.29, 0.717) is 18.8 Å². The molecule has 1 fully saturated rings. The molecule has 0 radical (unpaired) electrons. The minimum Gasteiger partial charge on any atom is -0.363 e. The third-order valence-electron chi connectivity index (χ3n) is 5.44. The fourth-order valence-corrected chi connectivity index (χ4v) is 5.42. The number of sulfone groups is 1. The molecule has 4 rings (SSSR count). The first-order valence-corrected chi connectivity index (χ1v) is 12.3. The molecule has 1 aromatic heterocycles. The number of hydrogen-bond donors (Lipinski definition) is 0. The number of aromatic nitrogens is 1. The largest absolute Gasteiger partial charge is 0.363 e. The van der Waals surface area contributed by atoms with Gasteiger partial charge in [-0.2, -0.15) is 0 Å². The number of nitro benzene ring substituents is 1. The van der Waals surface area contributed by atoms with E-state index in [9.17, 15) is 18.5 Å². The molecule has 1 aliphatic heterocycles. The second kappa shape index (κ2) is 7.93. The maximum atomic E-state index is 11.8. The zero-order chi connectivity index (χ0) is 21.5. The van der Waals surface area contributed by atoms with Crippen molar-refractivity contribution in [3.05, 3.63) is 57.6 Å². The molecule has 1 saturated heterocycles. The van der Waals surface area contributed by atoms with Crippen LogP contribution in [0.4, 0.5) is 11.4 Å². The third kappa shape index (κ3) is 4.03. The quantitative estimate of drug-likeness (QED) is 0.437. The number of piperazine rings is 1. The molecule has 0 aliphatic carbocycles. The Balaban J connectivity index is 1.51. The van der Waals surface area contributed by atoms with Gasteiger partial charge >= 0.3 is 0 Å². The van der Waals surface area contributed by atoms with Gasteiger partial charge in [0.1, 0.15) is 10.7 Å². The summed E-state index contributed by atoms with van der Waals surface area (Å²) in [4.78, 5) is 20.0. The highest BCUT2D eigenvalue weighted by atomic mass is 32.2. The molecule has 3 aromatic rings. The van der Waals surface area contributed by atoms with Crippen molar-refractivity contribution >= 4 is 42.8 Å². The summed E-state index contributed by atoms with van der Waals surface area (Å²) in [7, 11) is -3.51. The summed E-state index contributed by atoms with van der Waals surface area (Å²) in [5, 5.41) is 12.6. The number of nitro groups is 1. The number of rotatable bonds is 5. The van der Waals surface area contributed by atoms with Crippen LogP contribution in [-0.4, -0.2) is 55.7 Å². The third-order valence-corrected chi connectivity index (χ3v) is 7.76. The van der Waals surface area contributed by atoms with Gasteiger partial charge in [-0.05, 0) is 31.2 Å². The van der Waals surface area contributed by atoms with Crippen LogP contribution >= 0.6 is 11.3 Å². The number of para-hydroxylation sites is 1. The van der Waals surface area contributed by atoms with Gasteiger partial charge in [-0.1, -0.05) is 12.1 Å². The maximum absolute atomic E-state index is 11.8. The van der Waals surface area contributed by atoms with Crippen molar-refractivity contribution in [2.24, 2.45) is 0 Å². The molecule has 2 heterocycles. The summed E-state index contributed by atoms with van der Waals surface area (Å²) < 4.78 is 24.7. The van der Waals surface area contributed by atoms with Crippen LogP contribution in [-0.2, 0) is 9.84 Å². The number of fused-ring (bicyclic) bond motifs is 1. The molecule has 1 atom stereocenters. The van der Waals surface area contributed by atoms with Crippen molar-refractivity contribution in [2.75, 3.05) is 37.3 Å². The lowest BCUT2D eigenvalue weighted by Gasteiger charge is -2.38. The van der Waals surface area contributed by atoms with Crippen LogP contribution in [0.3, 0.4) is 0 Å². The van der Waals surface area contributed by atoms with Crippen molar-refractivity contribution in [1.82, 2.24) is 9.88 Å². The van der Waals surface area contributed by atoms with E-state index in [1.165, 1.54) is 10.8 Å². The van der Waals surface area contributed by atoms with Gasteiger partial charge in [0.2, 0.25) is 0 Å². The highest BCUT2D eigenvalue weighted by molar-refractivity contribution is 7.90. The van der Waals surface area contributed by atoms with Gasteiger partial charge in [0.15, 0.2) is 9.84 Å². The van der Waals surface area contributed by atoms with Gasteiger partial charge in [0.25, 0.3) is 5.69 Å². The molecule has 158 valence electrons. The summed E-state index contributed by atoms with van der Waals surface area (Å²) in [5.41, 5.74) is 1.29. The Kier molecular flexibility index (Phi) is 5.48. The molecule has 0 saturated carbocycles. The predicted molar refractivity (Wildman–Crippen MR) is 118 cm³/mol. The zero-order valence-electron chi connectivity index (χ0n) is 16.7. The Morgan fingerprint density at radius 1 is 1.13 bits per heavy atom. The highest BCUT2D eigenvalue weighted by Crippen LogP contribution is 2.34. The first kappa shape index (κ1) is 20.7. The summed E-state index contributed by atoms with van der Waals surface area (Å²) in [6.45, 7) is 4.85. The summed E-state index contributed by atoms with van der Waals surface area (Å²) in [5.74, 6) is 0. The zero-order valence-corrected chi connectivity index (χ0v) is 18.3. The van der Waals surface area contributed by atoms with E-state index in [2.05, 4.69) is 17.9 Å². The Morgan fingerprint density at radius 3 is 2.47 bits per heavy atom. The van der Waals surface area contributed by atoms with Crippen LogP contribution in [0, 0.1) is 10.1 Å². The van der Waals surface area contributed by atoms with Gasteiger partial charge in [-0.15, -0.1) is 11.3 Å². The average Bonchev–Trinajstić information content (AvgIpc) is 3.16. The summed E-state index contributed by atoms with van der Waals surface area (Å²) in [6.07, 6.45) is 1.05. The van der Waals surface area contributed by atoms with Crippen LogP contribution in [0.15, 0.2) is 47.4 Å². The number of anilines is 1. The average molecular weight is 447 g/mol. The SMILES string of the molecule is CC(c1nc2ccccc2s1)N1CCN(c2ccc(S(C)(=O)=O)cc2[N+](=O)[O-])CC1. The predicted octanol–water partition coefficient (Wildman–Crippen LogP) is 3.49. The second-order valence-electron chi connectivity index (χ2n) is 7.40. The molecule has 0 N–H and O–H groups in total. The van der Waals surface area contributed by atoms with Crippen LogP contribution in [0.1, 0.15) is 18.0 Å². The topological polar surface area (TPSA) is 96.7 Å². The van der Waals surface area contributed by atoms with Crippen molar-refractivity contribution in [2.45, 2.75) is 17.9 Å². The van der Waals surface area contributed by atoms with E-state index in [1.54, 1.807) is 17.4 Å². The summed E-state index contributed by atoms with van der Waals surface area (Å²) in [6, 6.07) is 12.4.